The molecule has 2 rings (SSSR count). The Balaban J connectivity index is 2.17. The number of nitrogens with one attached hydrogen (secondary N) is 1. The first kappa shape index (κ1) is 13.2. The Bertz CT molecular complexity index is 540. The van der Waals surface area contributed by atoms with Gasteiger partial charge in [-0.1, -0.05) is 18.2 Å². The number of hydrogen-bond acceptors (Lipinski definition) is 4. The molecule has 0 saturated carbocycles. The molecule has 0 bridgehead atoms. The van der Waals surface area contributed by atoms with Crippen molar-refractivity contribution >= 4 is 17.7 Å². The van der Waals surface area contributed by atoms with Crippen LogP contribution in [0, 0.1) is 0 Å². The Hall–Kier alpha value is -2.21. The molecule has 0 fully saturated rings. The molecule has 0 unspecified atom stereocenters. The van der Waals surface area contributed by atoms with Gasteiger partial charge in [0.25, 0.3) is 11.8 Å². The number of hydrogen-bond donors (Lipinski definition) is 1. The summed E-state index contributed by atoms with van der Waals surface area (Å²) in [5.41, 5.74) is 3.70. The molecule has 1 aromatic carbocycles. The predicted octanol–water partition coefficient (Wildman–Crippen LogP) is -0.196. The summed E-state index contributed by atoms with van der Waals surface area (Å²) in [6.07, 6.45) is 0.150. The average molecular weight is 261 g/mol. The van der Waals surface area contributed by atoms with E-state index in [1.807, 2.05) is 0 Å². The third-order valence-corrected chi connectivity index (χ3v) is 2.79. The highest BCUT2D eigenvalue weighted by Gasteiger charge is 2.31. The highest BCUT2D eigenvalue weighted by atomic mass is 16.2. The molecule has 0 saturated heterocycles. The Morgan fingerprint density at radius 1 is 1.32 bits per heavy atom. The van der Waals surface area contributed by atoms with Gasteiger partial charge in [-0.3, -0.25) is 24.7 Å². The van der Waals surface area contributed by atoms with E-state index in [1.165, 1.54) is 5.01 Å². The van der Waals surface area contributed by atoms with E-state index in [0.717, 1.165) is 4.90 Å². The molecule has 1 aliphatic heterocycles. The largest absolute Gasteiger partial charge is 0.288 e. The minimum absolute atomic E-state index is 0.150. The van der Waals surface area contributed by atoms with Crippen LogP contribution in [-0.4, -0.2) is 48.3 Å². The second-order valence-corrected chi connectivity index (χ2v) is 4.55. The van der Waals surface area contributed by atoms with E-state index < -0.39 is 11.8 Å². The fourth-order valence-corrected chi connectivity index (χ4v) is 1.99. The molecule has 0 atom stereocenters. The molecule has 1 N–H and O–H groups in total. The Morgan fingerprint density at radius 3 is 2.68 bits per heavy atom. The molecule has 0 aliphatic carbocycles. The van der Waals surface area contributed by atoms with Gasteiger partial charge in [0.15, 0.2) is 0 Å². The topological polar surface area (TPSA) is 69.7 Å². The van der Waals surface area contributed by atoms with Gasteiger partial charge in [-0.25, -0.2) is 5.01 Å². The molecule has 1 heterocycles. The number of amides is 3. The van der Waals surface area contributed by atoms with Crippen LogP contribution in [0.2, 0.25) is 0 Å². The Labute approximate surface area is 111 Å². The van der Waals surface area contributed by atoms with Gasteiger partial charge in [-0.15, -0.1) is 0 Å². The van der Waals surface area contributed by atoms with Gasteiger partial charge in [-0.2, -0.15) is 0 Å². The van der Waals surface area contributed by atoms with Gasteiger partial charge in [0.1, 0.15) is 6.54 Å². The predicted molar refractivity (Wildman–Crippen MR) is 68.0 cm³/mol. The summed E-state index contributed by atoms with van der Waals surface area (Å²) in [5.74, 6) is -1.16. The minimum Gasteiger partial charge on any atom is -0.288 e. The monoisotopic (exact) mass is 261 g/mol. The molecule has 100 valence electrons. The van der Waals surface area contributed by atoms with E-state index in [9.17, 15) is 14.4 Å². The third-order valence-electron chi connectivity index (χ3n) is 2.79. The van der Waals surface area contributed by atoms with Crippen LogP contribution in [0.25, 0.3) is 0 Å². The van der Waals surface area contributed by atoms with Crippen LogP contribution in [0.3, 0.4) is 0 Å². The number of carbonyl (C=O) groups excluding carboxylic acids is 3. The van der Waals surface area contributed by atoms with Gasteiger partial charge < -0.3 is 0 Å². The maximum Gasteiger partial charge on any atom is 0.261 e. The van der Waals surface area contributed by atoms with Gasteiger partial charge in [0.05, 0.1) is 6.42 Å². The SMILES string of the molecule is CN(C)NC(=O)CN1C(=O)Cc2ccccc2C1=O. The van der Waals surface area contributed by atoms with E-state index in [-0.39, 0.29) is 18.9 Å². The molecule has 6 nitrogen and oxygen atoms in total. The number of nitrogens with zero attached hydrogens (tertiary/aromatic N) is 2. The van der Waals surface area contributed by atoms with Gasteiger partial charge in [0.2, 0.25) is 5.91 Å². The lowest BCUT2D eigenvalue weighted by Crippen LogP contribution is -2.49. The zero-order chi connectivity index (χ0) is 14.0. The molecule has 0 radical (unpaired) electrons. The summed E-state index contributed by atoms with van der Waals surface area (Å²) in [6, 6.07) is 6.95. The van der Waals surface area contributed by atoms with Crippen LogP contribution < -0.4 is 5.43 Å². The van der Waals surface area contributed by atoms with E-state index in [1.54, 1.807) is 38.4 Å². The van der Waals surface area contributed by atoms with Crippen molar-refractivity contribution in [2.24, 2.45) is 0 Å². The van der Waals surface area contributed by atoms with Crippen molar-refractivity contribution in [3.63, 3.8) is 0 Å². The van der Waals surface area contributed by atoms with E-state index in [2.05, 4.69) is 5.43 Å². The van der Waals surface area contributed by atoms with Crippen molar-refractivity contribution in [1.29, 1.82) is 0 Å². The first-order valence-corrected chi connectivity index (χ1v) is 5.88. The van der Waals surface area contributed by atoms with Crippen LogP contribution in [-0.2, 0) is 16.0 Å². The molecule has 6 heteroatoms. The van der Waals surface area contributed by atoms with Crippen molar-refractivity contribution in [1.82, 2.24) is 15.3 Å². The fraction of sp³-hybridized carbons (Fsp3) is 0.308. The number of fused-ring (bicyclic) bond motifs is 1. The molecule has 1 aromatic rings. The average Bonchev–Trinajstić information content (AvgIpc) is 2.33. The standard InChI is InChI=1S/C13H15N3O3/c1-15(2)14-11(17)8-16-12(18)7-9-5-3-4-6-10(9)13(16)19/h3-6H,7-8H2,1-2H3,(H,14,17). The lowest BCUT2D eigenvalue weighted by Gasteiger charge is -2.26. The van der Waals surface area contributed by atoms with Gasteiger partial charge in [0, 0.05) is 19.7 Å². The van der Waals surface area contributed by atoms with Crippen LogP contribution in [0.1, 0.15) is 15.9 Å². The van der Waals surface area contributed by atoms with Crippen LogP contribution in [0.15, 0.2) is 24.3 Å². The van der Waals surface area contributed by atoms with E-state index in [4.69, 9.17) is 0 Å². The Kier molecular flexibility index (Phi) is 3.62. The molecule has 3 amide bonds. The lowest BCUT2D eigenvalue weighted by molar-refractivity contribution is -0.135. The van der Waals surface area contributed by atoms with Crippen molar-refractivity contribution in [2.45, 2.75) is 6.42 Å². The highest BCUT2D eigenvalue weighted by Crippen LogP contribution is 2.19. The fourth-order valence-electron chi connectivity index (χ4n) is 1.99. The second kappa shape index (κ2) is 5.19. The number of imide groups is 1. The summed E-state index contributed by atoms with van der Waals surface area (Å²) in [6.45, 7) is -0.260. The van der Waals surface area contributed by atoms with Gasteiger partial charge >= 0.3 is 0 Å². The maximum atomic E-state index is 12.2. The summed E-state index contributed by atoms with van der Waals surface area (Å²) < 4.78 is 0. The number of benzene rings is 1. The van der Waals surface area contributed by atoms with Crippen molar-refractivity contribution in [2.75, 3.05) is 20.6 Å². The zero-order valence-corrected chi connectivity index (χ0v) is 10.8. The first-order chi connectivity index (χ1) is 8.99. The summed E-state index contributed by atoms with van der Waals surface area (Å²) in [7, 11) is 3.32. The number of rotatable bonds is 3. The third kappa shape index (κ3) is 2.79. The molecular formula is C13H15N3O3. The molecule has 0 spiro atoms. The van der Waals surface area contributed by atoms with Crippen LogP contribution in [0.5, 0.6) is 0 Å². The molecule has 0 aromatic heterocycles. The summed E-state index contributed by atoms with van der Waals surface area (Å²) >= 11 is 0. The Morgan fingerprint density at radius 2 is 2.00 bits per heavy atom. The summed E-state index contributed by atoms with van der Waals surface area (Å²) in [5, 5.41) is 1.47. The molecular weight excluding hydrogens is 246 g/mol. The van der Waals surface area contributed by atoms with Gasteiger partial charge in [-0.05, 0) is 11.6 Å². The van der Waals surface area contributed by atoms with Crippen molar-refractivity contribution in [3.05, 3.63) is 35.4 Å². The van der Waals surface area contributed by atoms with Crippen LogP contribution >= 0.6 is 0 Å². The highest BCUT2D eigenvalue weighted by molar-refractivity contribution is 6.11. The smallest absolute Gasteiger partial charge is 0.261 e. The normalized spacial score (nSPS) is 14.6. The number of hydrazine groups is 1. The first-order valence-electron chi connectivity index (χ1n) is 5.88. The lowest BCUT2D eigenvalue weighted by atomic mass is 9.98. The van der Waals surface area contributed by atoms with Crippen LogP contribution in [0.4, 0.5) is 0 Å². The van der Waals surface area contributed by atoms with Crippen molar-refractivity contribution < 1.29 is 14.4 Å². The zero-order valence-electron chi connectivity index (χ0n) is 10.8. The second-order valence-electron chi connectivity index (χ2n) is 4.55. The number of carbonyl (C=O) groups is 3. The van der Waals surface area contributed by atoms with Crippen molar-refractivity contribution in [3.8, 4) is 0 Å². The maximum absolute atomic E-state index is 12.2. The minimum atomic E-state index is -0.416. The quantitative estimate of drug-likeness (QED) is 0.604. The summed E-state index contributed by atoms with van der Waals surface area (Å²) in [4.78, 5) is 36.7. The molecule has 19 heavy (non-hydrogen) atoms. The van der Waals surface area contributed by atoms with E-state index in [0.29, 0.717) is 11.1 Å². The van der Waals surface area contributed by atoms with E-state index >= 15 is 0 Å². The molecule has 1 aliphatic rings.